The van der Waals surface area contributed by atoms with Gasteiger partial charge in [0.2, 0.25) is 0 Å². The van der Waals surface area contributed by atoms with Gasteiger partial charge >= 0.3 is 5.97 Å². The van der Waals surface area contributed by atoms with E-state index in [4.69, 9.17) is 15.7 Å². The van der Waals surface area contributed by atoms with E-state index in [1.54, 1.807) is 11.0 Å². The molecule has 0 saturated carbocycles. The molecule has 91 valence electrons. The Morgan fingerprint density at radius 2 is 2.28 bits per heavy atom. The summed E-state index contributed by atoms with van der Waals surface area (Å²) >= 11 is 0. The van der Waals surface area contributed by atoms with Crippen LogP contribution in [0.1, 0.15) is 17.3 Å². The Hall–Kier alpha value is -2.55. The molecule has 0 aliphatic carbocycles. The summed E-state index contributed by atoms with van der Waals surface area (Å²) < 4.78 is 4.90. The van der Waals surface area contributed by atoms with Crippen molar-refractivity contribution in [1.82, 2.24) is 5.73 Å². The highest BCUT2D eigenvalue weighted by molar-refractivity contribution is 5.96. The van der Waals surface area contributed by atoms with Gasteiger partial charge in [-0.15, -0.1) is 0 Å². The normalized spacial score (nSPS) is 16.9. The minimum absolute atomic E-state index is 0.0318. The van der Waals surface area contributed by atoms with Gasteiger partial charge in [-0.25, -0.2) is 0 Å². The molecule has 2 rings (SSSR count). The number of nitrogens with one attached hydrogen (secondary N) is 1. The van der Waals surface area contributed by atoms with Crippen molar-refractivity contribution in [1.29, 1.82) is 5.26 Å². The highest BCUT2D eigenvalue weighted by Crippen LogP contribution is 2.32. The predicted octanol–water partition coefficient (Wildman–Crippen LogP) is 0.747. The van der Waals surface area contributed by atoms with Gasteiger partial charge in [0, 0.05) is 18.7 Å². The molecule has 1 unspecified atom stereocenters. The maximum atomic E-state index is 11.1. The third-order valence-electron chi connectivity index (χ3n) is 2.56. The number of carbonyl (C=O) groups is 2. The van der Waals surface area contributed by atoms with Crippen molar-refractivity contribution < 1.29 is 14.3 Å². The molecule has 6 nitrogen and oxygen atoms in total. The van der Waals surface area contributed by atoms with Crippen molar-refractivity contribution in [3.8, 4) is 11.8 Å². The third-order valence-corrected chi connectivity index (χ3v) is 2.56. The maximum Gasteiger partial charge on any atom is 0.308 e. The Morgan fingerprint density at radius 1 is 1.56 bits per heavy atom. The van der Waals surface area contributed by atoms with E-state index in [0.29, 0.717) is 12.2 Å². The van der Waals surface area contributed by atoms with Crippen LogP contribution < -0.4 is 15.4 Å². The van der Waals surface area contributed by atoms with Crippen LogP contribution >= 0.6 is 0 Å². The van der Waals surface area contributed by atoms with Crippen LogP contribution in [-0.4, -0.2) is 24.5 Å². The average molecular weight is 244 g/mol. The van der Waals surface area contributed by atoms with E-state index in [1.807, 2.05) is 0 Å². The number of rotatable bonds is 3. The molecule has 0 aromatic heterocycles. The summed E-state index contributed by atoms with van der Waals surface area (Å²) in [5, 5.41) is 8.73. The summed E-state index contributed by atoms with van der Waals surface area (Å²) in [6, 6.07) is 6.48. The summed E-state index contributed by atoms with van der Waals surface area (Å²) in [5.41, 5.74) is 7.81. The summed E-state index contributed by atoms with van der Waals surface area (Å²) in [6.45, 7) is 1.84. The first kappa shape index (κ1) is 11.9. The Bertz CT molecular complexity index is 562. The number of amides is 1. The quantitative estimate of drug-likeness (QED) is 0.444. The molecule has 0 bridgehead atoms. The fourth-order valence-corrected chi connectivity index (χ4v) is 1.65. The van der Waals surface area contributed by atoms with E-state index < -0.39 is 11.9 Å². The zero-order valence-electron chi connectivity index (χ0n) is 9.64. The molecule has 1 amide bonds. The van der Waals surface area contributed by atoms with E-state index in [2.05, 4.69) is 6.07 Å². The predicted molar refractivity (Wildman–Crippen MR) is 61.9 cm³/mol. The summed E-state index contributed by atoms with van der Waals surface area (Å²) in [5.74, 6) is -1.42. The van der Waals surface area contributed by atoms with E-state index in [-0.39, 0.29) is 17.4 Å². The molecule has 1 heterocycles. The van der Waals surface area contributed by atoms with Crippen molar-refractivity contribution in [3.63, 3.8) is 0 Å². The molecule has 1 fully saturated rings. The first-order chi connectivity index (χ1) is 8.52. The zero-order chi connectivity index (χ0) is 13.3. The molecule has 1 saturated heterocycles. The molecule has 0 spiro atoms. The molecule has 1 N–H and O–H groups in total. The lowest BCUT2D eigenvalue weighted by atomic mass is 10.1. The lowest BCUT2D eigenvalue weighted by molar-refractivity contribution is -0.131. The Balaban J connectivity index is 2.34. The topological polar surface area (TPSA) is 94.0 Å². The van der Waals surface area contributed by atoms with Gasteiger partial charge in [0.1, 0.15) is 11.8 Å². The summed E-state index contributed by atoms with van der Waals surface area (Å²) in [7, 11) is 0. The lowest BCUT2D eigenvalue weighted by Crippen LogP contribution is -2.09. The van der Waals surface area contributed by atoms with Gasteiger partial charge in [-0.2, -0.15) is 5.26 Å². The molecular weight excluding hydrogens is 234 g/mol. The number of esters is 1. The van der Waals surface area contributed by atoms with Gasteiger partial charge in [0.25, 0.3) is 5.91 Å². The van der Waals surface area contributed by atoms with Crippen LogP contribution in [0.25, 0.3) is 0 Å². The summed E-state index contributed by atoms with van der Waals surface area (Å²) in [4.78, 5) is 23.8. The standard InChI is InChI=1S/C12H10N3O3/c1-7(16)18-11-4-8(15-6-9(15)5-13)2-3-10(11)12(14)17/h2-4,9,14H,6H2,1H3. The van der Waals surface area contributed by atoms with Crippen molar-refractivity contribution in [2.45, 2.75) is 13.0 Å². The fraction of sp³-hybridized carbons (Fsp3) is 0.250. The van der Waals surface area contributed by atoms with E-state index in [0.717, 1.165) is 0 Å². The van der Waals surface area contributed by atoms with Crippen LogP contribution in [0, 0.1) is 11.3 Å². The largest absolute Gasteiger partial charge is 0.426 e. The number of hydrogen-bond donors (Lipinski definition) is 0. The second-order valence-electron chi connectivity index (χ2n) is 3.90. The average Bonchev–Trinajstić information content (AvgIpc) is 3.06. The number of anilines is 1. The SMILES string of the molecule is CC(=O)Oc1cc(N2CC2C#N)ccc1C([NH])=O. The fourth-order valence-electron chi connectivity index (χ4n) is 1.65. The highest BCUT2D eigenvalue weighted by Gasteiger charge is 2.34. The molecular formula is C12H10N3O3. The number of benzene rings is 1. The van der Waals surface area contributed by atoms with Crippen LogP contribution in [0.5, 0.6) is 5.75 Å². The highest BCUT2D eigenvalue weighted by atomic mass is 16.5. The van der Waals surface area contributed by atoms with Gasteiger partial charge in [-0.05, 0) is 12.1 Å². The monoisotopic (exact) mass is 244 g/mol. The minimum Gasteiger partial charge on any atom is -0.426 e. The number of carbonyl (C=O) groups excluding carboxylic acids is 2. The first-order valence-corrected chi connectivity index (χ1v) is 5.27. The number of nitriles is 1. The maximum absolute atomic E-state index is 11.1. The number of nitrogens with zero attached hydrogens (tertiary/aromatic N) is 2. The molecule has 1 aromatic carbocycles. The van der Waals surface area contributed by atoms with Crippen LogP contribution in [0.3, 0.4) is 0 Å². The second-order valence-corrected chi connectivity index (χ2v) is 3.90. The van der Waals surface area contributed by atoms with Gasteiger partial charge in [-0.1, -0.05) is 0 Å². The molecule has 1 aliphatic rings. The molecule has 1 aliphatic heterocycles. The Kier molecular flexibility index (Phi) is 2.90. The van der Waals surface area contributed by atoms with Gasteiger partial charge < -0.3 is 9.64 Å². The van der Waals surface area contributed by atoms with Gasteiger partial charge in [0.15, 0.2) is 0 Å². The van der Waals surface area contributed by atoms with E-state index in [1.165, 1.54) is 19.1 Å². The van der Waals surface area contributed by atoms with E-state index in [9.17, 15) is 9.59 Å². The summed E-state index contributed by atoms with van der Waals surface area (Å²) in [6.07, 6.45) is 0. The Morgan fingerprint density at radius 3 is 2.78 bits per heavy atom. The first-order valence-electron chi connectivity index (χ1n) is 5.27. The second kappa shape index (κ2) is 4.37. The van der Waals surface area contributed by atoms with Crippen LogP contribution in [-0.2, 0) is 4.79 Å². The van der Waals surface area contributed by atoms with Crippen molar-refractivity contribution in [3.05, 3.63) is 23.8 Å². The molecule has 6 heteroatoms. The zero-order valence-corrected chi connectivity index (χ0v) is 9.64. The van der Waals surface area contributed by atoms with Crippen molar-refractivity contribution >= 4 is 17.6 Å². The van der Waals surface area contributed by atoms with Crippen LogP contribution in [0.15, 0.2) is 18.2 Å². The van der Waals surface area contributed by atoms with Crippen molar-refractivity contribution in [2.24, 2.45) is 0 Å². The van der Waals surface area contributed by atoms with Crippen molar-refractivity contribution in [2.75, 3.05) is 11.4 Å². The number of ether oxygens (including phenoxy) is 1. The molecule has 18 heavy (non-hydrogen) atoms. The minimum atomic E-state index is -0.916. The lowest BCUT2D eigenvalue weighted by Gasteiger charge is -2.09. The van der Waals surface area contributed by atoms with Crippen LogP contribution in [0.4, 0.5) is 5.69 Å². The number of hydrogen-bond acceptors (Lipinski definition) is 5. The van der Waals surface area contributed by atoms with Gasteiger partial charge in [0.05, 0.1) is 18.2 Å². The molecule has 1 atom stereocenters. The smallest absolute Gasteiger partial charge is 0.308 e. The van der Waals surface area contributed by atoms with Gasteiger partial charge in [-0.3, -0.25) is 15.3 Å². The Labute approximate surface area is 104 Å². The molecule has 1 aromatic rings. The van der Waals surface area contributed by atoms with Crippen LogP contribution in [0.2, 0.25) is 0 Å². The van der Waals surface area contributed by atoms with E-state index >= 15 is 0 Å². The molecule has 1 radical (unpaired) electrons. The third kappa shape index (κ3) is 2.25.